The van der Waals surface area contributed by atoms with Crippen molar-refractivity contribution in [3.05, 3.63) is 61.6 Å². The number of carbonyl (C=O) groups is 1. The number of Topliss-reactive ketones (excluding diaryl/α,β-unsaturated/α-hetero) is 1. The van der Waals surface area contributed by atoms with Crippen LogP contribution in [0.5, 0.6) is 11.5 Å². The topological polar surface area (TPSA) is 69.4 Å². The van der Waals surface area contributed by atoms with Crippen molar-refractivity contribution in [1.82, 2.24) is 0 Å². The van der Waals surface area contributed by atoms with Gasteiger partial charge in [0.2, 0.25) is 0 Å². The van der Waals surface area contributed by atoms with Crippen molar-refractivity contribution in [3.8, 4) is 11.5 Å². The summed E-state index contributed by atoms with van der Waals surface area (Å²) in [5, 5.41) is 11.0. The number of nitro benzene ring substituents is 1. The summed E-state index contributed by atoms with van der Waals surface area (Å²) < 4.78 is 6.12. The van der Waals surface area contributed by atoms with Crippen molar-refractivity contribution in [3.63, 3.8) is 0 Å². The molecule has 2 aromatic rings. The summed E-state index contributed by atoms with van der Waals surface area (Å²) in [7, 11) is 0. The van der Waals surface area contributed by atoms with E-state index in [2.05, 4.69) is 15.9 Å². The van der Waals surface area contributed by atoms with Gasteiger partial charge in [-0.25, -0.2) is 0 Å². The van der Waals surface area contributed by atoms with Crippen LogP contribution in [0.4, 0.5) is 5.69 Å². The van der Waals surface area contributed by atoms with Crippen LogP contribution in [0.1, 0.15) is 17.3 Å². The maximum absolute atomic E-state index is 11.3. The van der Waals surface area contributed by atoms with Crippen molar-refractivity contribution in [2.24, 2.45) is 0 Å². The molecule has 0 saturated heterocycles. The van der Waals surface area contributed by atoms with Crippen LogP contribution in [0.3, 0.4) is 0 Å². The standard InChI is InChI=1S/C14H9BrClNO4/c1-8(18)11-4-3-10(7-12(11)15)21-14-6-9(17(19)20)2-5-13(14)16/h2-7H,1H3. The summed E-state index contributed by atoms with van der Waals surface area (Å²) in [6.07, 6.45) is 0. The van der Waals surface area contributed by atoms with Crippen molar-refractivity contribution >= 4 is 39.0 Å². The average Bonchev–Trinajstić information content (AvgIpc) is 2.40. The highest BCUT2D eigenvalue weighted by molar-refractivity contribution is 9.10. The van der Waals surface area contributed by atoms with Gasteiger partial charge < -0.3 is 4.74 Å². The predicted molar refractivity (Wildman–Crippen MR) is 82.3 cm³/mol. The number of carbonyl (C=O) groups excluding carboxylic acids is 1. The lowest BCUT2D eigenvalue weighted by atomic mass is 10.1. The van der Waals surface area contributed by atoms with E-state index in [9.17, 15) is 14.9 Å². The summed E-state index contributed by atoms with van der Waals surface area (Å²) in [5.41, 5.74) is 0.404. The Morgan fingerprint density at radius 3 is 2.57 bits per heavy atom. The van der Waals surface area contributed by atoms with Gasteiger partial charge >= 0.3 is 0 Å². The van der Waals surface area contributed by atoms with Crippen molar-refractivity contribution in [2.75, 3.05) is 0 Å². The molecule has 108 valence electrons. The van der Waals surface area contributed by atoms with E-state index in [1.165, 1.54) is 25.1 Å². The molecule has 7 heteroatoms. The van der Waals surface area contributed by atoms with Gasteiger partial charge in [-0.1, -0.05) is 11.6 Å². The number of non-ortho nitro benzene ring substituents is 1. The average molecular weight is 371 g/mol. The highest BCUT2D eigenvalue weighted by atomic mass is 79.9. The van der Waals surface area contributed by atoms with Crippen molar-refractivity contribution in [2.45, 2.75) is 6.92 Å². The summed E-state index contributed by atoms with van der Waals surface area (Å²) >= 11 is 9.23. The summed E-state index contributed by atoms with van der Waals surface area (Å²) in [6, 6.07) is 8.74. The van der Waals surface area contributed by atoms with Crippen LogP contribution >= 0.6 is 27.5 Å². The number of ether oxygens (including phenoxy) is 1. The second kappa shape index (κ2) is 6.24. The molecule has 0 unspecified atom stereocenters. The van der Waals surface area contributed by atoms with Gasteiger partial charge in [-0.05, 0) is 47.1 Å². The molecule has 0 radical (unpaired) electrons. The zero-order valence-electron chi connectivity index (χ0n) is 10.8. The van der Waals surface area contributed by atoms with E-state index in [0.717, 1.165) is 0 Å². The van der Waals surface area contributed by atoms with Crippen LogP contribution in [0.15, 0.2) is 40.9 Å². The van der Waals surface area contributed by atoms with Gasteiger partial charge in [0, 0.05) is 16.1 Å². The third-order valence-electron chi connectivity index (χ3n) is 2.67. The first kappa shape index (κ1) is 15.5. The van der Waals surface area contributed by atoms with E-state index >= 15 is 0 Å². The van der Waals surface area contributed by atoms with Gasteiger partial charge in [-0.15, -0.1) is 0 Å². The number of nitrogens with zero attached hydrogens (tertiary/aromatic N) is 1. The van der Waals surface area contributed by atoms with Gasteiger partial charge in [0.05, 0.1) is 16.0 Å². The smallest absolute Gasteiger partial charge is 0.273 e. The summed E-state index contributed by atoms with van der Waals surface area (Å²) in [4.78, 5) is 21.6. The van der Waals surface area contributed by atoms with Crippen LogP contribution in [0.2, 0.25) is 5.02 Å². The Balaban J connectivity index is 2.34. The van der Waals surface area contributed by atoms with Gasteiger partial charge in [0.25, 0.3) is 5.69 Å². The number of hydrogen-bond acceptors (Lipinski definition) is 4. The van der Waals surface area contributed by atoms with Gasteiger partial charge in [-0.2, -0.15) is 0 Å². The largest absolute Gasteiger partial charge is 0.455 e. The molecule has 0 heterocycles. The van der Waals surface area contributed by atoms with E-state index in [-0.39, 0.29) is 22.2 Å². The molecule has 0 bridgehead atoms. The fraction of sp³-hybridized carbons (Fsp3) is 0.0714. The Hall–Kier alpha value is -1.92. The lowest BCUT2D eigenvalue weighted by molar-refractivity contribution is -0.384. The highest BCUT2D eigenvalue weighted by Crippen LogP contribution is 2.34. The maximum atomic E-state index is 11.3. The normalized spacial score (nSPS) is 10.2. The molecular weight excluding hydrogens is 362 g/mol. The number of ketones is 1. The molecule has 0 saturated carbocycles. The Morgan fingerprint density at radius 1 is 1.29 bits per heavy atom. The van der Waals surface area contributed by atoms with Gasteiger partial charge in [-0.3, -0.25) is 14.9 Å². The number of hydrogen-bond donors (Lipinski definition) is 0. The molecule has 0 spiro atoms. The molecule has 0 N–H and O–H groups in total. The Kier molecular flexibility index (Phi) is 4.59. The van der Waals surface area contributed by atoms with Crippen LogP contribution < -0.4 is 4.74 Å². The minimum atomic E-state index is -0.530. The van der Waals surface area contributed by atoms with Crippen LogP contribution in [-0.4, -0.2) is 10.7 Å². The van der Waals surface area contributed by atoms with E-state index in [0.29, 0.717) is 15.8 Å². The lowest BCUT2D eigenvalue weighted by Crippen LogP contribution is -1.95. The first-order chi connectivity index (χ1) is 9.88. The Labute approximate surface area is 133 Å². The number of rotatable bonds is 4. The third kappa shape index (κ3) is 3.59. The molecule has 0 amide bonds. The molecule has 0 fully saturated rings. The Morgan fingerprint density at radius 2 is 2.00 bits per heavy atom. The first-order valence-electron chi connectivity index (χ1n) is 5.81. The fourth-order valence-corrected chi connectivity index (χ4v) is 2.45. The molecule has 0 aliphatic heterocycles. The molecule has 0 atom stereocenters. The van der Waals surface area contributed by atoms with E-state index in [1.807, 2.05) is 0 Å². The number of nitro groups is 1. The second-order valence-corrected chi connectivity index (χ2v) is 5.43. The first-order valence-corrected chi connectivity index (χ1v) is 6.98. The quantitative estimate of drug-likeness (QED) is 0.431. The van der Waals surface area contributed by atoms with Crippen molar-refractivity contribution in [1.29, 1.82) is 0 Å². The molecule has 0 aliphatic carbocycles. The zero-order chi connectivity index (χ0) is 15.6. The zero-order valence-corrected chi connectivity index (χ0v) is 13.1. The number of benzene rings is 2. The summed E-state index contributed by atoms with van der Waals surface area (Å²) in [5.74, 6) is 0.504. The lowest BCUT2D eigenvalue weighted by Gasteiger charge is -2.09. The maximum Gasteiger partial charge on any atom is 0.273 e. The predicted octanol–water partition coefficient (Wildman–Crippen LogP) is 5.01. The molecule has 2 rings (SSSR count). The van der Waals surface area contributed by atoms with Crippen molar-refractivity contribution < 1.29 is 14.5 Å². The summed E-state index contributed by atoms with van der Waals surface area (Å²) in [6.45, 7) is 1.46. The highest BCUT2D eigenvalue weighted by Gasteiger charge is 2.13. The third-order valence-corrected chi connectivity index (χ3v) is 3.64. The van der Waals surface area contributed by atoms with E-state index in [4.69, 9.17) is 16.3 Å². The van der Waals surface area contributed by atoms with Gasteiger partial charge in [0.1, 0.15) is 5.75 Å². The number of halogens is 2. The fourth-order valence-electron chi connectivity index (χ4n) is 1.66. The monoisotopic (exact) mass is 369 g/mol. The second-order valence-electron chi connectivity index (χ2n) is 4.17. The SMILES string of the molecule is CC(=O)c1ccc(Oc2cc([N+](=O)[O-])ccc2Cl)cc1Br. The van der Waals surface area contributed by atoms with Crippen LogP contribution in [0, 0.1) is 10.1 Å². The van der Waals surface area contributed by atoms with Crippen LogP contribution in [0.25, 0.3) is 0 Å². The van der Waals surface area contributed by atoms with E-state index in [1.54, 1.807) is 18.2 Å². The molecule has 5 nitrogen and oxygen atoms in total. The van der Waals surface area contributed by atoms with Crippen LogP contribution in [-0.2, 0) is 0 Å². The molecule has 0 aromatic heterocycles. The minimum absolute atomic E-state index is 0.0817. The molecule has 2 aromatic carbocycles. The minimum Gasteiger partial charge on any atom is -0.455 e. The van der Waals surface area contributed by atoms with Gasteiger partial charge in [0.15, 0.2) is 11.5 Å². The van der Waals surface area contributed by atoms with E-state index < -0.39 is 4.92 Å². The molecular formula is C14H9BrClNO4. The molecule has 0 aliphatic rings. The molecule has 21 heavy (non-hydrogen) atoms. The Bertz CT molecular complexity index is 733.